The van der Waals surface area contributed by atoms with Gasteiger partial charge in [0.25, 0.3) is 0 Å². The van der Waals surface area contributed by atoms with E-state index >= 15 is 0 Å². The topological polar surface area (TPSA) is 77.3 Å². The van der Waals surface area contributed by atoms with E-state index in [1.54, 1.807) is 0 Å². The zero-order valence-electron chi connectivity index (χ0n) is 12.0. The Balaban J connectivity index is 2.32. The van der Waals surface area contributed by atoms with Crippen LogP contribution in [0.25, 0.3) is 0 Å². The molecule has 0 saturated carbocycles. The number of nitrogens with zero attached hydrogens (tertiary/aromatic N) is 6. The highest BCUT2D eigenvalue weighted by atomic mass is 15.1. The molecule has 2 heterocycles. The van der Waals surface area contributed by atoms with Crippen LogP contribution in [-0.2, 0) is 6.42 Å². The number of aryl methyl sites for hydroxylation is 3. The Morgan fingerprint density at radius 1 is 0.684 bits per heavy atom. The summed E-state index contributed by atoms with van der Waals surface area (Å²) in [6, 6.07) is 0. The van der Waals surface area contributed by atoms with E-state index in [9.17, 15) is 0 Å². The van der Waals surface area contributed by atoms with Crippen molar-refractivity contribution in [2.24, 2.45) is 0 Å². The monoisotopic (exact) mass is 258 g/mol. The first-order chi connectivity index (χ1) is 8.94. The molecule has 6 heteroatoms. The van der Waals surface area contributed by atoms with Crippen LogP contribution in [0.2, 0.25) is 0 Å². The molecule has 0 bridgehead atoms. The van der Waals surface area contributed by atoms with Crippen LogP contribution < -0.4 is 0 Å². The fraction of sp³-hybridized carbons (Fsp3) is 0.538. The molecule has 100 valence electrons. The summed E-state index contributed by atoms with van der Waals surface area (Å²) in [5.74, 6) is 4.67. The maximum absolute atomic E-state index is 4.47. The van der Waals surface area contributed by atoms with Gasteiger partial charge in [0, 0.05) is 5.92 Å². The Bertz CT molecular complexity index is 573. The molecule has 0 fully saturated rings. The standard InChI is InChI=1S/C13H18N6/c1-7(2)13-18-10(5)17-12(19-13)6-11-15-8(3)14-9(4)16-11/h7H,6H2,1-5H3. The van der Waals surface area contributed by atoms with Crippen molar-refractivity contribution in [3.8, 4) is 0 Å². The van der Waals surface area contributed by atoms with Gasteiger partial charge in [-0.05, 0) is 20.8 Å². The van der Waals surface area contributed by atoms with Crippen LogP contribution in [0.3, 0.4) is 0 Å². The van der Waals surface area contributed by atoms with Crippen LogP contribution in [-0.4, -0.2) is 29.9 Å². The number of hydrogen-bond donors (Lipinski definition) is 0. The molecule has 0 spiro atoms. The first kappa shape index (κ1) is 13.5. The highest BCUT2D eigenvalue weighted by Crippen LogP contribution is 2.10. The highest BCUT2D eigenvalue weighted by Gasteiger charge is 2.10. The summed E-state index contributed by atoms with van der Waals surface area (Å²) in [7, 11) is 0. The molecule has 0 radical (unpaired) electrons. The van der Waals surface area contributed by atoms with Gasteiger partial charge in [0.15, 0.2) is 0 Å². The SMILES string of the molecule is Cc1nc(C)nc(Cc2nc(C)nc(C(C)C)n2)n1. The van der Waals surface area contributed by atoms with Crippen LogP contribution >= 0.6 is 0 Å². The molecular formula is C13H18N6. The molecule has 0 aliphatic carbocycles. The fourth-order valence-corrected chi connectivity index (χ4v) is 1.80. The maximum atomic E-state index is 4.47. The third-order valence-corrected chi connectivity index (χ3v) is 2.55. The average molecular weight is 258 g/mol. The second kappa shape index (κ2) is 5.34. The third kappa shape index (κ3) is 3.49. The molecule has 6 nitrogen and oxygen atoms in total. The molecule has 0 atom stereocenters. The summed E-state index contributed by atoms with van der Waals surface area (Å²) in [4.78, 5) is 25.9. The molecule has 0 aliphatic heterocycles. The first-order valence-corrected chi connectivity index (χ1v) is 6.33. The van der Waals surface area contributed by atoms with Gasteiger partial charge >= 0.3 is 0 Å². The van der Waals surface area contributed by atoms with E-state index in [-0.39, 0.29) is 5.92 Å². The lowest BCUT2D eigenvalue weighted by Crippen LogP contribution is -2.10. The van der Waals surface area contributed by atoms with Gasteiger partial charge in [-0.25, -0.2) is 29.9 Å². The zero-order valence-corrected chi connectivity index (χ0v) is 12.0. The van der Waals surface area contributed by atoms with Crippen molar-refractivity contribution in [1.29, 1.82) is 0 Å². The Labute approximate surface area is 112 Å². The molecule has 2 aromatic rings. The zero-order chi connectivity index (χ0) is 14.0. The van der Waals surface area contributed by atoms with Crippen molar-refractivity contribution in [2.45, 2.75) is 47.0 Å². The molecule has 2 rings (SSSR count). The minimum atomic E-state index is 0.280. The lowest BCUT2D eigenvalue weighted by Gasteiger charge is -2.07. The minimum Gasteiger partial charge on any atom is -0.219 e. The highest BCUT2D eigenvalue weighted by molar-refractivity contribution is 5.06. The summed E-state index contributed by atoms with van der Waals surface area (Å²) in [6.07, 6.45) is 0.507. The van der Waals surface area contributed by atoms with Crippen molar-refractivity contribution < 1.29 is 0 Å². The quantitative estimate of drug-likeness (QED) is 0.833. The van der Waals surface area contributed by atoms with Crippen LogP contribution in [0.4, 0.5) is 0 Å². The van der Waals surface area contributed by atoms with E-state index in [2.05, 4.69) is 43.8 Å². The second-order valence-corrected chi connectivity index (χ2v) is 4.83. The molecular weight excluding hydrogens is 240 g/mol. The maximum Gasteiger partial charge on any atom is 0.140 e. The van der Waals surface area contributed by atoms with E-state index < -0.39 is 0 Å². The van der Waals surface area contributed by atoms with Crippen LogP contribution in [0.1, 0.15) is 54.7 Å². The summed E-state index contributed by atoms with van der Waals surface area (Å²) < 4.78 is 0. The molecule has 2 aromatic heterocycles. The van der Waals surface area contributed by atoms with Crippen molar-refractivity contribution in [3.63, 3.8) is 0 Å². The van der Waals surface area contributed by atoms with Gasteiger partial charge in [-0.2, -0.15) is 0 Å². The molecule has 0 aromatic carbocycles. The fourth-order valence-electron chi connectivity index (χ4n) is 1.80. The van der Waals surface area contributed by atoms with Crippen molar-refractivity contribution >= 4 is 0 Å². The molecule has 0 saturated heterocycles. The average Bonchev–Trinajstić information content (AvgIpc) is 2.26. The van der Waals surface area contributed by atoms with E-state index in [0.29, 0.717) is 18.1 Å². The summed E-state index contributed by atoms with van der Waals surface area (Å²) >= 11 is 0. The summed E-state index contributed by atoms with van der Waals surface area (Å²) in [5, 5.41) is 0. The lowest BCUT2D eigenvalue weighted by molar-refractivity contribution is 0.713. The Morgan fingerprint density at radius 3 is 1.68 bits per heavy atom. The number of hydrogen-bond acceptors (Lipinski definition) is 6. The Kier molecular flexibility index (Phi) is 3.78. The van der Waals surface area contributed by atoms with Gasteiger partial charge in [-0.15, -0.1) is 0 Å². The van der Waals surface area contributed by atoms with Crippen LogP contribution in [0, 0.1) is 20.8 Å². The molecule has 0 N–H and O–H groups in total. The normalized spacial score (nSPS) is 11.1. The van der Waals surface area contributed by atoms with Gasteiger partial charge < -0.3 is 0 Å². The Hall–Kier alpha value is -1.98. The van der Waals surface area contributed by atoms with Crippen molar-refractivity contribution in [2.75, 3.05) is 0 Å². The number of rotatable bonds is 3. The molecule has 19 heavy (non-hydrogen) atoms. The predicted octanol–water partition coefficient (Wildman–Crippen LogP) is 1.70. The second-order valence-electron chi connectivity index (χ2n) is 4.83. The molecule has 0 unspecified atom stereocenters. The van der Waals surface area contributed by atoms with Gasteiger partial charge in [-0.3, -0.25) is 0 Å². The summed E-state index contributed by atoms with van der Waals surface area (Å²) in [5.41, 5.74) is 0. The van der Waals surface area contributed by atoms with Crippen LogP contribution in [0.5, 0.6) is 0 Å². The smallest absolute Gasteiger partial charge is 0.140 e. The third-order valence-electron chi connectivity index (χ3n) is 2.55. The number of aromatic nitrogens is 6. The molecule has 0 amide bonds. The molecule has 0 aliphatic rings. The van der Waals surface area contributed by atoms with Gasteiger partial charge in [0.05, 0.1) is 6.42 Å². The van der Waals surface area contributed by atoms with Crippen molar-refractivity contribution in [3.05, 3.63) is 34.9 Å². The largest absolute Gasteiger partial charge is 0.219 e. The van der Waals surface area contributed by atoms with Gasteiger partial charge in [0.2, 0.25) is 0 Å². The van der Waals surface area contributed by atoms with Gasteiger partial charge in [0.1, 0.15) is 34.9 Å². The van der Waals surface area contributed by atoms with Crippen molar-refractivity contribution in [1.82, 2.24) is 29.9 Å². The van der Waals surface area contributed by atoms with E-state index in [1.165, 1.54) is 0 Å². The van der Waals surface area contributed by atoms with E-state index in [0.717, 1.165) is 23.3 Å². The van der Waals surface area contributed by atoms with Crippen LogP contribution in [0.15, 0.2) is 0 Å². The predicted molar refractivity (Wildman–Crippen MR) is 70.8 cm³/mol. The lowest BCUT2D eigenvalue weighted by atomic mass is 10.2. The first-order valence-electron chi connectivity index (χ1n) is 6.33. The van der Waals surface area contributed by atoms with E-state index in [4.69, 9.17) is 0 Å². The minimum absolute atomic E-state index is 0.280. The summed E-state index contributed by atoms with van der Waals surface area (Å²) in [6.45, 7) is 9.72. The van der Waals surface area contributed by atoms with Gasteiger partial charge in [-0.1, -0.05) is 13.8 Å². The van der Waals surface area contributed by atoms with E-state index in [1.807, 2.05) is 20.8 Å². The Morgan fingerprint density at radius 2 is 1.16 bits per heavy atom.